The van der Waals surface area contributed by atoms with Crippen molar-refractivity contribution in [1.82, 2.24) is 10.2 Å². The van der Waals surface area contributed by atoms with Crippen LogP contribution in [0.2, 0.25) is 0 Å². The Bertz CT molecular complexity index is 527. The highest BCUT2D eigenvalue weighted by atomic mass is 16.5. The molecule has 0 aromatic heterocycles. The number of nitrogens with one attached hydrogen (secondary N) is 1. The minimum Gasteiger partial charge on any atom is -0.466 e. The van der Waals surface area contributed by atoms with Gasteiger partial charge in [0.15, 0.2) is 0 Å². The quantitative estimate of drug-likeness (QED) is 0.733. The van der Waals surface area contributed by atoms with Gasteiger partial charge in [0.25, 0.3) is 0 Å². The fourth-order valence-corrected chi connectivity index (χ4v) is 3.20. The standard InChI is InChI=1S/C20H30N2O3/c1-2-25-19(23)14-16-22(15-13-17-9-5-3-6-10-17)20(24)21-18-11-7-4-8-12-18/h3,5-6,9-10,18H,2,4,7-8,11-16H2,1H3,(H,21,24). The molecule has 0 unspecified atom stereocenters. The molecule has 0 atom stereocenters. The molecule has 2 amide bonds. The lowest BCUT2D eigenvalue weighted by Gasteiger charge is -2.28. The number of hydrogen-bond donors (Lipinski definition) is 1. The van der Waals surface area contributed by atoms with Crippen LogP contribution in [0.3, 0.4) is 0 Å². The summed E-state index contributed by atoms with van der Waals surface area (Å²) < 4.78 is 4.99. The number of ether oxygens (including phenoxy) is 1. The lowest BCUT2D eigenvalue weighted by molar-refractivity contribution is -0.143. The molecule has 0 heterocycles. The highest BCUT2D eigenvalue weighted by Gasteiger charge is 2.20. The molecule has 0 saturated heterocycles. The predicted octanol–water partition coefficient (Wildman–Crippen LogP) is 3.53. The van der Waals surface area contributed by atoms with Crippen LogP contribution in [0.25, 0.3) is 0 Å². The Morgan fingerprint density at radius 1 is 1.12 bits per heavy atom. The van der Waals surface area contributed by atoms with Crippen molar-refractivity contribution < 1.29 is 14.3 Å². The maximum atomic E-state index is 12.7. The van der Waals surface area contributed by atoms with Crippen LogP contribution in [-0.4, -0.2) is 42.6 Å². The largest absolute Gasteiger partial charge is 0.466 e. The molecule has 1 N–H and O–H groups in total. The van der Waals surface area contributed by atoms with E-state index in [9.17, 15) is 9.59 Å². The van der Waals surface area contributed by atoms with E-state index in [0.29, 0.717) is 19.7 Å². The molecule has 25 heavy (non-hydrogen) atoms. The third-order valence-electron chi connectivity index (χ3n) is 4.62. The number of urea groups is 1. The van der Waals surface area contributed by atoms with Gasteiger partial charge in [0.2, 0.25) is 0 Å². The van der Waals surface area contributed by atoms with Crippen molar-refractivity contribution in [2.75, 3.05) is 19.7 Å². The van der Waals surface area contributed by atoms with Crippen LogP contribution in [0.1, 0.15) is 51.0 Å². The fourth-order valence-electron chi connectivity index (χ4n) is 3.20. The zero-order valence-corrected chi connectivity index (χ0v) is 15.2. The van der Waals surface area contributed by atoms with Crippen LogP contribution >= 0.6 is 0 Å². The van der Waals surface area contributed by atoms with Gasteiger partial charge in [0.1, 0.15) is 0 Å². The summed E-state index contributed by atoms with van der Waals surface area (Å²) in [5, 5.41) is 3.15. The van der Waals surface area contributed by atoms with Crippen molar-refractivity contribution in [2.45, 2.75) is 57.9 Å². The molecule has 1 saturated carbocycles. The summed E-state index contributed by atoms with van der Waals surface area (Å²) in [5.74, 6) is -0.252. The molecule has 0 bridgehead atoms. The normalized spacial score (nSPS) is 14.8. The van der Waals surface area contributed by atoms with Crippen LogP contribution in [0.5, 0.6) is 0 Å². The van der Waals surface area contributed by atoms with Crippen LogP contribution in [-0.2, 0) is 16.0 Å². The second-order valence-corrected chi connectivity index (χ2v) is 6.56. The zero-order chi connectivity index (χ0) is 17.9. The van der Waals surface area contributed by atoms with Gasteiger partial charge in [-0.05, 0) is 31.7 Å². The molecule has 2 rings (SSSR count). The molecule has 5 nitrogen and oxygen atoms in total. The molecule has 1 aliphatic rings. The molecule has 1 aromatic carbocycles. The first-order valence-corrected chi connectivity index (χ1v) is 9.44. The maximum Gasteiger partial charge on any atom is 0.317 e. The molecular weight excluding hydrogens is 316 g/mol. The van der Waals surface area contributed by atoms with Crippen molar-refractivity contribution in [3.05, 3.63) is 35.9 Å². The average Bonchev–Trinajstić information content (AvgIpc) is 2.63. The van der Waals surface area contributed by atoms with Crippen molar-refractivity contribution >= 4 is 12.0 Å². The Hall–Kier alpha value is -2.04. The van der Waals surface area contributed by atoms with Crippen LogP contribution in [0, 0.1) is 0 Å². The first-order valence-electron chi connectivity index (χ1n) is 9.44. The molecule has 0 aliphatic heterocycles. The number of amides is 2. The summed E-state index contributed by atoms with van der Waals surface area (Å²) in [6.07, 6.45) is 6.73. The Morgan fingerprint density at radius 2 is 1.84 bits per heavy atom. The molecule has 1 fully saturated rings. The summed E-state index contributed by atoms with van der Waals surface area (Å²) in [6, 6.07) is 10.3. The van der Waals surface area contributed by atoms with E-state index in [-0.39, 0.29) is 24.5 Å². The monoisotopic (exact) mass is 346 g/mol. The average molecular weight is 346 g/mol. The highest BCUT2D eigenvalue weighted by Crippen LogP contribution is 2.17. The minimum atomic E-state index is -0.252. The van der Waals surface area contributed by atoms with Gasteiger partial charge in [0.05, 0.1) is 13.0 Å². The smallest absolute Gasteiger partial charge is 0.317 e. The Morgan fingerprint density at radius 3 is 2.52 bits per heavy atom. The molecular formula is C20H30N2O3. The molecule has 0 radical (unpaired) electrons. The van der Waals surface area contributed by atoms with Gasteiger partial charge in [-0.25, -0.2) is 4.79 Å². The summed E-state index contributed by atoms with van der Waals surface area (Å²) in [5.41, 5.74) is 1.19. The van der Waals surface area contributed by atoms with E-state index in [1.165, 1.54) is 24.8 Å². The Labute approximate surface area is 150 Å². The van der Waals surface area contributed by atoms with Crippen molar-refractivity contribution in [3.63, 3.8) is 0 Å². The first kappa shape index (κ1) is 19.3. The number of benzene rings is 1. The van der Waals surface area contributed by atoms with Crippen molar-refractivity contribution in [3.8, 4) is 0 Å². The molecule has 1 aromatic rings. The van der Waals surface area contributed by atoms with Gasteiger partial charge in [-0.1, -0.05) is 49.6 Å². The number of esters is 1. The number of carbonyl (C=O) groups excluding carboxylic acids is 2. The molecule has 1 aliphatic carbocycles. The van der Waals surface area contributed by atoms with Gasteiger partial charge in [-0.2, -0.15) is 0 Å². The number of rotatable bonds is 8. The second kappa shape index (κ2) is 10.7. The number of nitrogens with zero attached hydrogens (tertiary/aromatic N) is 1. The van der Waals surface area contributed by atoms with Gasteiger partial charge >= 0.3 is 12.0 Å². The van der Waals surface area contributed by atoms with E-state index in [0.717, 1.165) is 19.3 Å². The van der Waals surface area contributed by atoms with E-state index >= 15 is 0 Å². The van der Waals surface area contributed by atoms with Crippen molar-refractivity contribution in [1.29, 1.82) is 0 Å². The van der Waals surface area contributed by atoms with E-state index in [2.05, 4.69) is 17.4 Å². The SMILES string of the molecule is CCOC(=O)CCN(CCc1ccccc1)C(=O)NC1CCCCC1. The lowest BCUT2D eigenvalue weighted by atomic mass is 9.96. The first-order chi connectivity index (χ1) is 12.2. The summed E-state index contributed by atoms with van der Waals surface area (Å²) in [7, 11) is 0. The number of carbonyl (C=O) groups is 2. The van der Waals surface area contributed by atoms with Crippen LogP contribution < -0.4 is 5.32 Å². The zero-order valence-electron chi connectivity index (χ0n) is 15.2. The number of hydrogen-bond acceptors (Lipinski definition) is 3. The molecule has 138 valence electrons. The predicted molar refractivity (Wildman–Crippen MR) is 98.4 cm³/mol. The topological polar surface area (TPSA) is 58.6 Å². The van der Waals surface area contributed by atoms with E-state index < -0.39 is 0 Å². The molecule has 0 spiro atoms. The summed E-state index contributed by atoms with van der Waals surface area (Å²) >= 11 is 0. The third kappa shape index (κ3) is 7.16. The second-order valence-electron chi connectivity index (χ2n) is 6.56. The highest BCUT2D eigenvalue weighted by molar-refractivity contribution is 5.76. The lowest BCUT2D eigenvalue weighted by Crippen LogP contribution is -2.46. The van der Waals surface area contributed by atoms with E-state index in [1.54, 1.807) is 11.8 Å². The Kier molecular flexibility index (Phi) is 8.29. The van der Waals surface area contributed by atoms with Gasteiger partial charge in [-0.15, -0.1) is 0 Å². The van der Waals surface area contributed by atoms with Gasteiger partial charge in [0, 0.05) is 19.1 Å². The van der Waals surface area contributed by atoms with Crippen molar-refractivity contribution in [2.24, 2.45) is 0 Å². The van der Waals surface area contributed by atoms with E-state index in [4.69, 9.17) is 4.74 Å². The van der Waals surface area contributed by atoms with Gasteiger partial charge in [-0.3, -0.25) is 4.79 Å². The van der Waals surface area contributed by atoms with Crippen LogP contribution in [0.15, 0.2) is 30.3 Å². The van der Waals surface area contributed by atoms with Gasteiger partial charge < -0.3 is 15.0 Å². The molecule has 5 heteroatoms. The minimum absolute atomic E-state index is 0.0628. The Balaban J connectivity index is 1.89. The maximum absolute atomic E-state index is 12.7. The fraction of sp³-hybridized carbons (Fsp3) is 0.600. The third-order valence-corrected chi connectivity index (χ3v) is 4.62. The summed E-state index contributed by atoms with van der Waals surface area (Å²) in [4.78, 5) is 26.1. The summed E-state index contributed by atoms with van der Waals surface area (Å²) in [6.45, 7) is 3.16. The van der Waals surface area contributed by atoms with E-state index in [1.807, 2.05) is 18.2 Å². The van der Waals surface area contributed by atoms with Crippen LogP contribution in [0.4, 0.5) is 4.79 Å².